The van der Waals surface area contributed by atoms with E-state index < -0.39 is 5.97 Å². The molecular formula is C20H27ClFNO2. The highest BCUT2D eigenvalue weighted by Gasteiger charge is 2.11. The Balaban J connectivity index is 0.000000845. The van der Waals surface area contributed by atoms with Gasteiger partial charge in [0.15, 0.2) is 0 Å². The Kier molecular flexibility index (Phi) is 10.7. The minimum atomic E-state index is -0.496. The first-order chi connectivity index (χ1) is 11.7. The van der Waals surface area contributed by atoms with Crippen molar-refractivity contribution in [3.63, 3.8) is 0 Å². The molecule has 2 aromatic rings. The van der Waals surface area contributed by atoms with Crippen LogP contribution in [0.5, 0.6) is 0 Å². The molecule has 5 heteroatoms. The Labute approximate surface area is 155 Å². The zero-order valence-corrected chi connectivity index (χ0v) is 16.7. The van der Waals surface area contributed by atoms with E-state index in [0.717, 1.165) is 5.92 Å². The topological polar surface area (TPSA) is 39.2 Å². The average Bonchev–Trinajstić information content (AvgIpc) is 2.57. The smallest absolute Gasteiger partial charge is 0.338 e. The van der Waals surface area contributed by atoms with Crippen LogP contribution >= 0.6 is 11.6 Å². The van der Waals surface area contributed by atoms with E-state index in [2.05, 4.69) is 30.5 Å². The molecule has 0 bridgehead atoms. The third-order valence-electron chi connectivity index (χ3n) is 2.67. The van der Waals surface area contributed by atoms with Crippen LogP contribution in [0.2, 0.25) is 5.15 Å². The van der Waals surface area contributed by atoms with Crippen LogP contribution in [0, 0.1) is 18.7 Å². The molecule has 0 unspecified atom stereocenters. The van der Waals surface area contributed by atoms with Crippen LogP contribution in [-0.2, 0) is 4.74 Å². The monoisotopic (exact) mass is 367 g/mol. The van der Waals surface area contributed by atoms with Gasteiger partial charge in [0.25, 0.3) is 0 Å². The molecule has 3 nitrogen and oxygen atoms in total. The fraction of sp³-hybridized carbons (Fsp3) is 0.400. The molecule has 0 saturated carbocycles. The SMILES string of the molecule is CC.CC(C)C.COC(=O)c1cc(Cl)nc(-c2ccc(F)c(C)c2)c1. The summed E-state index contributed by atoms with van der Waals surface area (Å²) in [5.41, 5.74) is 1.99. The molecule has 0 N–H and O–H groups in total. The molecule has 25 heavy (non-hydrogen) atoms. The maximum absolute atomic E-state index is 13.2. The molecule has 0 aliphatic carbocycles. The highest BCUT2D eigenvalue weighted by Crippen LogP contribution is 2.23. The normalized spacial score (nSPS) is 9.52. The van der Waals surface area contributed by atoms with E-state index in [1.165, 1.54) is 19.2 Å². The van der Waals surface area contributed by atoms with Crippen molar-refractivity contribution in [3.05, 3.63) is 52.4 Å². The second-order valence-electron chi connectivity index (χ2n) is 5.75. The standard InChI is InChI=1S/C14H11ClFNO2.C4H10.C2H6/c1-8-5-9(3-4-11(8)16)12-6-10(14(18)19-2)7-13(15)17-12;1-4(2)3;1-2/h3-7H,1-2H3;4H,1-3H3;1-2H3. The molecule has 0 atom stereocenters. The van der Waals surface area contributed by atoms with Crippen LogP contribution in [0.1, 0.15) is 50.5 Å². The van der Waals surface area contributed by atoms with Gasteiger partial charge in [-0.05, 0) is 48.7 Å². The summed E-state index contributed by atoms with van der Waals surface area (Å²) in [7, 11) is 1.29. The van der Waals surface area contributed by atoms with Crippen LogP contribution in [0.15, 0.2) is 30.3 Å². The van der Waals surface area contributed by atoms with Gasteiger partial charge in [0, 0.05) is 5.56 Å². The number of hydrogen-bond acceptors (Lipinski definition) is 3. The number of carbonyl (C=O) groups excluding carboxylic acids is 1. The number of benzene rings is 1. The number of methoxy groups -OCH3 is 1. The lowest BCUT2D eigenvalue weighted by Crippen LogP contribution is -2.02. The molecule has 0 saturated heterocycles. The van der Waals surface area contributed by atoms with Crippen LogP contribution in [-0.4, -0.2) is 18.1 Å². The molecule has 0 amide bonds. The second kappa shape index (κ2) is 11.6. The summed E-state index contributed by atoms with van der Waals surface area (Å²) in [6.45, 7) is 12.2. The molecular weight excluding hydrogens is 341 g/mol. The summed E-state index contributed by atoms with van der Waals surface area (Å²) in [4.78, 5) is 15.6. The average molecular weight is 368 g/mol. The highest BCUT2D eigenvalue weighted by atomic mass is 35.5. The third kappa shape index (κ3) is 8.12. The maximum Gasteiger partial charge on any atom is 0.338 e. The molecule has 1 heterocycles. The zero-order valence-electron chi connectivity index (χ0n) is 16.0. The number of rotatable bonds is 2. The summed E-state index contributed by atoms with van der Waals surface area (Å²) >= 11 is 5.88. The van der Waals surface area contributed by atoms with E-state index in [9.17, 15) is 9.18 Å². The number of aryl methyl sites for hydroxylation is 1. The van der Waals surface area contributed by atoms with Gasteiger partial charge in [-0.2, -0.15) is 0 Å². The lowest BCUT2D eigenvalue weighted by atomic mass is 10.1. The maximum atomic E-state index is 13.2. The Morgan fingerprint density at radius 2 is 1.72 bits per heavy atom. The summed E-state index contributed by atoms with van der Waals surface area (Å²) in [5, 5.41) is 0.180. The van der Waals surface area contributed by atoms with Gasteiger partial charge < -0.3 is 4.74 Å². The molecule has 0 aliphatic heterocycles. The van der Waals surface area contributed by atoms with Gasteiger partial charge in [0.05, 0.1) is 18.4 Å². The minimum absolute atomic E-state index is 0.180. The van der Waals surface area contributed by atoms with Gasteiger partial charge in [0.1, 0.15) is 11.0 Å². The molecule has 1 aromatic heterocycles. The van der Waals surface area contributed by atoms with Crippen molar-refractivity contribution in [2.24, 2.45) is 5.92 Å². The Morgan fingerprint density at radius 1 is 1.16 bits per heavy atom. The second-order valence-corrected chi connectivity index (χ2v) is 6.14. The van der Waals surface area contributed by atoms with E-state index in [1.807, 2.05) is 13.8 Å². The lowest BCUT2D eigenvalue weighted by Gasteiger charge is -2.06. The van der Waals surface area contributed by atoms with Gasteiger partial charge in [-0.3, -0.25) is 0 Å². The number of hydrogen-bond donors (Lipinski definition) is 0. The Bertz CT molecular complexity index is 685. The Morgan fingerprint density at radius 3 is 2.20 bits per heavy atom. The van der Waals surface area contributed by atoms with Crippen molar-refractivity contribution in [3.8, 4) is 11.3 Å². The van der Waals surface area contributed by atoms with Gasteiger partial charge in [-0.15, -0.1) is 0 Å². The van der Waals surface area contributed by atoms with Gasteiger partial charge in [-0.25, -0.2) is 14.2 Å². The van der Waals surface area contributed by atoms with Crippen LogP contribution in [0.25, 0.3) is 11.3 Å². The molecule has 0 fully saturated rings. The van der Waals surface area contributed by atoms with E-state index in [0.29, 0.717) is 22.4 Å². The third-order valence-corrected chi connectivity index (χ3v) is 2.86. The molecule has 2 rings (SSSR count). The minimum Gasteiger partial charge on any atom is -0.465 e. The molecule has 0 aliphatic rings. The largest absolute Gasteiger partial charge is 0.465 e. The summed E-state index contributed by atoms with van der Waals surface area (Å²) in [5.74, 6) is 0.0448. The van der Waals surface area contributed by atoms with Crippen molar-refractivity contribution in [2.45, 2.75) is 41.5 Å². The van der Waals surface area contributed by atoms with Gasteiger partial charge in [0.2, 0.25) is 0 Å². The fourth-order valence-corrected chi connectivity index (χ4v) is 1.89. The number of halogens is 2. The van der Waals surface area contributed by atoms with Crippen molar-refractivity contribution >= 4 is 17.6 Å². The van der Waals surface area contributed by atoms with Crippen molar-refractivity contribution in [1.82, 2.24) is 4.98 Å². The summed E-state index contributed by atoms with van der Waals surface area (Å²) in [6, 6.07) is 7.57. The number of aromatic nitrogens is 1. The van der Waals surface area contributed by atoms with Crippen molar-refractivity contribution in [2.75, 3.05) is 7.11 Å². The quantitative estimate of drug-likeness (QED) is 0.460. The molecule has 138 valence electrons. The van der Waals surface area contributed by atoms with Crippen LogP contribution in [0.3, 0.4) is 0 Å². The zero-order chi connectivity index (χ0) is 19.6. The van der Waals surface area contributed by atoms with Crippen LogP contribution < -0.4 is 0 Å². The van der Waals surface area contributed by atoms with Gasteiger partial charge in [-0.1, -0.05) is 46.2 Å². The molecule has 1 aromatic carbocycles. The van der Waals surface area contributed by atoms with Gasteiger partial charge >= 0.3 is 5.97 Å². The van der Waals surface area contributed by atoms with E-state index in [4.69, 9.17) is 11.6 Å². The fourth-order valence-electron chi connectivity index (χ4n) is 1.68. The summed E-state index contributed by atoms with van der Waals surface area (Å²) < 4.78 is 17.9. The molecule has 0 radical (unpaired) electrons. The van der Waals surface area contributed by atoms with E-state index in [-0.39, 0.29) is 11.0 Å². The number of pyridine rings is 1. The number of ether oxygens (including phenoxy) is 1. The van der Waals surface area contributed by atoms with Crippen molar-refractivity contribution in [1.29, 1.82) is 0 Å². The lowest BCUT2D eigenvalue weighted by molar-refractivity contribution is 0.0600. The number of nitrogens with zero attached hydrogens (tertiary/aromatic N) is 1. The first-order valence-electron chi connectivity index (χ1n) is 8.27. The van der Waals surface area contributed by atoms with E-state index >= 15 is 0 Å². The summed E-state index contributed by atoms with van der Waals surface area (Å²) in [6.07, 6.45) is 0. The van der Waals surface area contributed by atoms with Crippen molar-refractivity contribution < 1.29 is 13.9 Å². The number of esters is 1. The predicted octanol–water partition coefficient (Wildman–Crippen LogP) is 6.32. The predicted molar refractivity (Wildman–Crippen MR) is 103 cm³/mol. The molecule has 0 spiro atoms. The van der Waals surface area contributed by atoms with Crippen LogP contribution in [0.4, 0.5) is 4.39 Å². The first-order valence-corrected chi connectivity index (χ1v) is 8.64. The number of carbonyl (C=O) groups is 1. The van der Waals surface area contributed by atoms with E-state index in [1.54, 1.807) is 25.1 Å². The first kappa shape index (κ1) is 23.1. The Hall–Kier alpha value is -1.94. The highest BCUT2D eigenvalue weighted by molar-refractivity contribution is 6.29.